The van der Waals surface area contributed by atoms with E-state index < -0.39 is 0 Å². The Balaban J connectivity index is 1.79. The van der Waals surface area contributed by atoms with Gasteiger partial charge < -0.3 is 16.4 Å². The van der Waals surface area contributed by atoms with Crippen molar-refractivity contribution in [2.24, 2.45) is 0 Å². The van der Waals surface area contributed by atoms with Crippen molar-refractivity contribution in [3.8, 4) is 0 Å². The van der Waals surface area contributed by atoms with Gasteiger partial charge in [-0.2, -0.15) is 0 Å². The fourth-order valence-electron chi connectivity index (χ4n) is 2.61. The number of aryl methyl sites for hydroxylation is 1. The maximum atomic E-state index is 6.17. The molecular weight excluding hydrogens is 264 g/mol. The Kier molecular flexibility index (Phi) is 3.85. The molecule has 21 heavy (non-hydrogen) atoms. The van der Waals surface area contributed by atoms with Gasteiger partial charge in [-0.15, -0.1) is 0 Å². The number of hydrogen-bond donors (Lipinski definition) is 3. The lowest BCUT2D eigenvalue weighted by atomic mass is 10.2. The third-order valence-electron chi connectivity index (χ3n) is 3.71. The van der Waals surface area contributed by atoms with E-state index in [4.69, 9.17) is 5.73 Å². The number of nitrogens with one attached hydrogen (secondary N) is 2. The van der Waals surface area contributed by atoms with Crippen molar-refractivity contribution in [1.82, 2.24) is 15.0 Å². The first-order chi connectivity index (χ1) is 10.2. The van der Waals surface area contributed by atoms with Crippen LogP contribution in [-0.4, -0.2) is 21.0 Å². The molecule has 1 aliphatic carbocycles. The van der Waals surface area contributed by atoms with E-state index in [0.717, 1.165) is 11.5 Å². The Morgan fingerprint density at radius 2 is 1.90 bits per heavy atom. The number of anilines is 4. The van der Waals surface area contributed by atoms with Crippen LogP contribution in [0.25, 0.3) is 0 Å². The van der Waals surface area contributed by atoms with Crippen LogP contribution in [0, 0.1) is 6.92 Å². The van der Waals surface area contributed by atoms with Crippen LogP contribution >= 0.6 is 0 Å². The standard InChI is InChI=1S/C15H20N6/c1-10-5-4-8-12(19-10)21-15-13(16)14(17-9-18-15)20-11-6-2-3-7-11/h4-5,8-9,11H,2-3,6-7,16H2,1H3,(H2,17,18,19,20,21). The summed E-state index contributed by atoms with van der Waals surface area (Å²) in [6.45, 7) is 1.95. The highest BCUT2D eigenvalue weighted by atomic mass is 15.1. The van der Waals surface area contributed by atoms with E-state index in [1.54, 1.807) is 0 Å². The summed E-state index contributed by atoms with van der Waals surface area (Å²) in [6, 6.07) is 6.24. The van der Waals surface area contributed by atoms with Crippen LogP contribution in [0.15, 0.2) is 24.5 Å². The van der Waals surface area contributed by atoms with Gasteiger partial charge in [0.05, 0.1) is 0 Å². The molecule has 6 heteroatoms. The second kappa shape index (κ2) is 5.95. The van der Waals surface area contributed by atoms with Crippen LogP contribution in [0.1, 0.15) is 31.4 Å². The van der Waals surface area contributed by atoms with Gasteiger partial charge in [0.15, 0.2) is 11.6 Å². The zero-order valence-electron chi connectivity index (χ0n) is 12.1. The lowest BCUT2D eigenvalue weighted by molar-refractivity contribution is 0.750. The lowest BCUT2D eigenvalue weighted by Crippen LogP contribution is -2.17. The lowest BCUT2D eigenvalue weighted by Gasteiger charge is -2.16. The molecule has 4 N–H and O–H groups in total. The number of pyridine rings is 1. The summed E-state index contributed by atoms with van der Waals surface area (Å²) >= 11 is 0. The summed E-state index contributed by atoms with van der Waals surface area (Å²) in [5, 5.41) is 6.56. The molecule has 1 saturated carbocycles. The van der Waals surface area contributed by atoms with Crippen LogP contribution in [0.4, 0.5) is 23.1 Å². The quantitative estimate of drug-likeness (QED) is 0.800. The minimum atomic E-state index is 0.465. The Morgan fingerprint density at radius 1 is 1.14 bits per heavy atom. The summed E-state index contributed by atoms with van der Waals surface area (Å²) in [7, 11) is 0. The highest BCUT2D eigenvalue weighted by molar-refractivity contribution is 5.77. The highest BCUT2D eigenvalue weighted by Gasteiger charge is 2.17. The molecule has 2 heterocycles. The highest BCUT2D eigenvalue weighted by Crippen LogP contribution is 2.28. The molecule has 2 aromatic rings. The molecule has 0 bridgehead atoms. The molecule has 1 fully saturated rings. The normalized spacial score (nSPS) is 15.1. The van der Waals surface area contributed by atoms with E-state index >= 15 is 0 Å². The van der Waals surface area contributed by atoms with E-state index in [2.05, 4.69) is 25.6 Å². The third kappa shape index (κ3) is 3.21. The summed E-state index contributed by atoms with van der Waals surface area (Å²) in [4.78, 5) is 12.9. The Bertz CT molecular complexity index is 621. The molecule has 2 aromatic heterocycles. The Hall–Kier alpha value is -2.37. The average Bonchev–Trinajstić information content (AvgIpc) is 2.96. The van der Waals surface area contributed by atoms with Gasteiger partial charge in [0.25, 0.3) is 0 Å². The monoisotopic (exact) mass is 284 g/mol. The predicted molar refractivity (Wildman–Crippen MR) is 84.6 cm³/mol. The van der Waals surface area contributed by atoms with Gasteiger partial charge in [0.2, 0.25) is 0 Å². The molecule has 3 rings (SSSR count). The first-order valence-electron chi connectivity index (χ1n) is 7.30. The first kappa shape index (κ1) is 13.6. The number of aromatic nitrogens is 3. The molecular formula is C15H20N6. The van der Waals surface area contributed by atoms with Crippen molar-refractivity contribution >= 4 is 23.1 Å². The number of nitrogen functional groups attached to an aromatic ring is 1. The van der Waals surface area contributed by atoms with Crippen LogP contribution in [0.5, 0.6) is 0 Å². The van der Waals surface area contributed by atoms with Crippen LogP contribution < -0.4 is 16.4 Å². The summed E-state index contributed by atoms with van der Waals surface area (Å²) < 4.78 is 0. The fraction of sp³-hybridized carbons (Fsp3) is 0.400. The molecule has 0 spiro atoms. The molecule has 0 unspecified atom stereocenters. The number of rotatable bonds is 4. The summed E-state index contributed by atoms with van der Waals surface area (Å²) in [5.41, 5.74) is 7.65. The van der Waals surface area contributed by atoms with Crippen LogP contribution in [-0.2, 0) is 0 Å². The van der Waals surface area contributed by atoms with Gasteiger partial charge >= 0.3 is 0 Å². The van der Waals surface area contributed by atoms with Crippen molar-refractivity contribution < 1.29 is 0 Å². The van der Waals surface area contributed by atoms with Gasteiger partial charge in [0.1, 0.15) is 17.8 Å². The predicted octanol–water partition coefficient (Wildman–Crippen LogP) is 2.86. The molecule has 1 aliphatic rings. The zero-order chi connectivity index (χ0) is 14.7. The fourth-order valence-corrected chi connectivity index (χ4v) is 2.61. The molecule has 0 amide bonds. The van der Waals surface area contributed by atoms with Crippen molar-refractivity contribution in [1.29, 1.82) is 0 Å². The third-order valence-corrected chi connectivity index (χ3v) is 3.71. The van der Waals surface area contributed by atoms with Crippen molar-refractivity contribution in [2.45, 2.75) is 38.6 Å². The second-order valence-corrected chi connectivity index (χ2v) is 5.40. The molecule has 6 nitrogen and oxygen atoms in total. The second-order valence-electron chi connectivity index (χ2n) is 5.40. The van der Waals surface area contributed by atoms with Crippen LogP contribution in [0.3, 0.4) is 0 Å². The van der Waals surface area contributed by atoms with Gasteiger partial charge in [-0.05, 0) is 31.9 Å². The maximum Gasteiger partial charge on any atom is 0.160 e. The van der Waals surface area contributed by atoms with E-state index in [9.17, 15) is 0 Å². The molecule has 0 atom stereocenters. The van der Waals surface area contributed by atoms with Gasteiger partial charge in [-0.25, -0.2) is 15.0 Å². The van der Waals surface area contributed by atoms with E-state index in [1.807, 2.05) is 25.1 Å². The molecule has 110 valence electrons. The van der Waals surface area contributed by atoms with Gasteiger partial charge in [0, 0.05) is 11.7 Å². The molecule has 0 saturated heterocycles. The van der Waals surface area contributed by atoms with Gasteiger partial charge in [-0.1, -0.05) is 18.9 Å². The van der Waals surface area contributed by atoms with Crippen molar-refractivity contribution in [3.05, 3.63) is 30.2 Å². The average molecular weight is 284 g/mol. The summed E-state index contributed by atoms with van der Waals surface area (Å²) in [5.74, 6) is 2.02. The van der Waals surface area contributed by atoms with E-state index in [-0.39, 0.29) is 0 Å². The largest absolute Gasteiger partial charge is 0.393 e. The smallest absolute Gasteiger partial charge is 0.160 e. The Morgan fingerprint density at radius 3 is 2.67 bits per heavy atom. The minimum Gasteiger partial charge on any atom is -0.393 e. The first-order valence-corrected chi connectivity index (χ1v) is 7.30. The Labute approximate surface area is 124 Å². The molecule has 0 aliphatic heterocycles. The topological polar surface area (TPSA) is 88.8 Å². The maximum absolute atomic E-state index is 6.17. The summed E-state index contributed by atoms with van der Waals surface area (Å²) in [6.07, 6.45) is 6.39. The number of hydrogen-bond acceptors (Lipinski definition) is 6. The SMILES string of the molecule is Cc1cccc(Nc2ncnc(NC3CCCC3)c2N)n1. The number of nitrogens with two attached hydrogens (primary N) is 1. The van der Waals surface area contributed by atoms with Gasteiger partial charge in [-0.3, -0.25) is 0 Å². The number of nitrogens with zero attached hydrogens (tertiary/aromatic N) is 3. The van der Waals surface area contributed by atoms with E-state index in [0.29, 0.717) is 23.4 Å². The van der Waals surface area contributed by atoms with Crippen molar-refractivity contribution in [2.75, 3.05) is 16.4 Å². The van der Waals surface area contributed by atoms with E-state index in [1.165, 1.54) is 32.0 Å². The zero-order valence-corrected chi connectivity index (χ0v) is 12.1. The molecule has 0 radical (unpaired) electrons. The molecule has 0 aromatic carbocycles. The minimum absolute atomic E-state index is 0.465. The van der Waals surface area contributed by atoms with Crippen molar-refractivity contribution in [3.63, 3.8) is 0 Å². The van der Waals surface area contributed by atoms with Crippen LogP contribution in [0.2, 0.25) is 0 Å².